The molecule has 2 atom stereocenters. The minimum Gasteiger partial charge on any atom is -0.367 e. The predicted molar refractivity (Wildman–Crippen MR) is 103 cm³/mol. The van der Waals surface area contributed by atoms with Crippen LogP contribution in [0.5, 0.6) is 0 Å². The van der Waals surface area contributed by atoms with E-state index in [1.807, 2.05) is 29.2 Å². The summed E-state index contributed by atoms with van der Waals surface area (Å²) in [4.78, 5) is 30.7. The van der Waals surface area contributed by atoms with Crippen LogP contribution in [0.25, 0.3) is 0 Å². The van der Waals surface area contributed by atoms with Gasteiger partial charge in [-0.1, -0.05) is 23.7 Å². The summed E-state index contributed by atoms with van der Waals surface area (Å²) in [7, 11) is 0. The molecule has 142 valence electrons. The number of para-hydroxylation sites is 1. The molecule has 0 aliphatic carbocycles. The number of anilines is 1. The van der Waals surface area contributed by atoms with Crippen LogP contribution in [-0.4, -0.2) is 66.9 Å². The molecule has 0 saturated carbocycles. The molecule has 0 spiro atoms. The second kappa shape index (κ2) is 8.27. The Hall–Kier alpha value is -1.79. The first kappa shape index (κ1) is 19.0. The van der Waals surface area contributed by atoms with Crippen molar-refractivity contribution in [2.24, 2.45) is 11.7 Å². The van der Waals surface area contributed by atoms with Gasteiger partial charge >= 0.3 is 0 Å². The Morgan fingerprint density at radius 2 is 1.73 bits per heavy atom. The van der Waals surface area contributed by atoms with E-state index in [0.717, 1.165) is 36.6 Å². The van der Waals surface area contributed by atoms with Gasteiger partial charge in [0.25, 0.3) is 0 Å². The third-order valence-corrected chi connectivity index (χ3v) is 5.68. The van der Waals surface area contributed by atoms with Crippen LogP contribution in [0.2, 0.25) is 5.02 Å². The summed E-state index contributed by atoms with van der Waals surface area (Å²) in [6.45, 7) is 5.43. The average molecular weight is 379 g/mol. The number of likely N-dealkylation sites (tertiary alicyclic amines) is 1. The van der Waals surface area contributed by atoms with E-state index in [1.54, 1.807) is 11.8 Å². The standard InChI is InChI=1S/C19H27ClN4O2/c1-14(25)24-12-15(6-7-16(21)13-24)19(26)23-10-8-22(9-11-23)18-5-3-2-4-17(18)20/h2-5,15-16H,6-13,21H2,1H3/t15-,16+/m1/s1. The molecule has 2 aliphatic rings. The largest absolute Gasteiger partial charge is 0.367 e. The fraction of sp³-hybridized carbons (Fsp3) is 0.579. The Morgan fingerprint density at radius 3 is 2.38 bits per heavy atom. The van der Waals surface area contributed by atoms with E-state index in [0.29, 0.717) is 26.2 Å². The van der Waals surface area contributed by atoms with Crippen molar-refractivity contribution >= 4 is 29.1 Å². The maximum Gasteiger partial charge on any atom is 0.227 e. The number of hydrogen-bond donors (Lipinski definition) is 1. The van der Waals surface area contributed by atoms with E-state index in [4.69, 9.17) is 17.3 Å². The van der Waals surface area contributed by atoms with E-state index >= 15 is 0 Å². The quantitative estimate of drug-likeness (QED) is 0.848. The van der Waals surface area contributed by atoms with Gasteiger partial charge in [0.05, 0.1) is 16.6 Å². The molecular weight excluding hydrogens is 352 g/mol. The van der Waals surface area contributed by atoms with Crippen LogP contribution in [0.15, 0.2) is 24.3 Å². The van der Waals surface area contributed by atoms with Crippen molar-refractivity contribution in [3.8, 4) is 0 Å². The van der Waals surface area contributed by atoms with E-state index in [-0.39, 0.29) is 23.8 Å². The zero-order chi connectivity index (χ0) is 18.7. The number of halogens is 1. The minimum atomic E-state index is -0.153. The maximum atomic E-state index is 13.0. The third-order valence-electron chi connectivity index (χ3n) is 5.36. The van der Waals surface area contributed by atoms with Crippen molar-refractivity contribution in [2.45, 2.75) is 25.8 Å². The zero-order valence-corrected chi connectivity index (χ0v) is 16.0. The minimum absolute atomic E-state index is 0.0105. The SMILES string of the molecule is CC(=O)N1C[C@@H](N)CC[C@@H](C(=O)N2CCN(c3ccccc3Cl)CC2)C1. The van der Waals surface area contributed by atoms with Crippen LogP contribution in [0.3, 0.4) is 0 Å². The van der Waals surface area contributed by atoms with Gasteiger partial charge in [0.2, 0.25) is 11.8 Å². The van der Waals surface area contributed by atoms with Crippen LogP contribution >= 0.6 is 11.6 Å². The lowest BCUT2D eigenvalue weighted by molar-refractivity contribution is -0.138. The Balaban J connectivity index is 1.61. The molecule has 0 unspecified atom stereocenters. The molecule has 2 saturated heterocycles. The van der Waals surface area contributed by atoms with E-state index in [1.165, 1.54) is 0 Å². The molecule has 0 bridgehead atoms. The summed E-state index contributed by atoms with van der Waals surface area (Å²) >= 11 is 6.28. The van der Waals surface area contributed by atoms with Crippen LogP contribution in [0, 0.1) is 5.92 Å². The lowest BCUT2D eigenvalue weighted by Crippen LogP contribution is -2.51. The highest BCUT2D eigenvalue weighted by atomic mass is 35.5. The molecule has 26 heavy (non-hydrogen) atoms. The molecule has 6 nitrogen and oxygen atoms in total. The molecular formula is C19H27ClN4O2. The lowest BCUT2D eigenvalue weighted by Gasteiger charge is -2.38. The summed E-state index contributed by atoms with van der Waals surface area (Å²) in [5.41, 5.74) is 7.08. The summed E-state index contributed by atoms with van der Waals surface area (Å²) in [6, 6.07) is 7.75. The highest BCUT2D eigenvalue weighted by Crippen LogP contribution is 2.27. The number of rotatable bonds is 2. The van der Waals surface area contributed by atoms with Crippen molar-refractivity contribution < 1.29 is 9.59 Å². The van der Waals surface area contributed by atoms with Gasteiger partial charge in [0.1, 0.15) is 0 Å². The van der Waals surface area contributed by atoms with Crippen LogP contribution in [-0.2, 0) is 9.59 Å². The number of carbonyl (C=O) groups excluding carboxylic acids is 2. The molecule has 1 aromatic rings. The molecule has 3 rings (SSSR count). The summed E-state index contributed by atoms with van der Waals surface area (Å²) in [5.74, 6) is -0.0211. The Bertz CT molecular complexity index is 661. The second-order valence-corrected chi connectivity index (χ2v) is 7.63. The van der Waals surface area contributed by atoms with Crippen molar-refractivity contribution in [3.05, 3.63) is 29.3 Å². The van der Waals surface area contributed by atoms with Gasteiger partial charge in [-0.25, -0.2) is 0 Å². The van der Waals surface area contributed by atoms with Crippen LogP contribution < -0.4 is 10.6 Å². The van der Waals surface area contributed by atoms with Gasteiger partial charge in [-0.3, -0.25) is 9.59 Å². The van der Waals surface area contributed by atoms with Crippen molar-refractivity contribution in [1.82, 2.24) is 9.80 Å². The first-order chi connectivity index (χ1) is 12.5. The number of carbonyl (C=O) groups is 2. The number of hydrogen-bond acceptors (Lipinski definition) is 4. The predicted octanol–water partition coefficient (Wildman–Crippen LogP) is 1.57. The summed E-state index contributed by atoms with van der Waals surface area (Å²) in [6.07, 6.45) is 1.52. The monoisotopic (exact) mass is 378 g/mol. The Morgan fingerprint density at radius 1 is 1.04 bits per heavy atom. The lowest BCUT2D eigenvalue weighted by atomic mass is 10.00. The second-order valence-electron chi connectivity index (χ2n) is 7.22. The molecule has 2 amide bonds. The molecule has 1 aromatic carbocycles. The highest BCUT2D eigenvalue weighted by molar-refractivity contribution is 6.33. The Labute approximate surface area is 159 Å². The van der Waals surface area contributed by atoms with Gasteiger partial charge in [0.15, 0.2) is 0 Å². The Kier molecular flexibility index (Phi) is 6.04. The van der Waals surface area contributed by atoms with Gasteiger partial charge in [-0.05, 0) is 25.0 Å². The number of nitrogens with zero attached hydrogens (tertiary/aromatic N) is 3. The van der Waals surface area contributed by atoms with E-state index < -0.39 is 0 Å². The van der Waals surface area contributed by atoms with Gasteiger partial charge < -0.3 is 20.4 Å². The first-order valence-corrected chi connectivity index (χ1v) is 9.63. The average Bonchev–Trinajstić information content (AvgIpc) is 2.84. The van der Waals surface area contributed by atoms with E-state index in [9.17, 15) is 9.59 Å². The fourth-order valence-electron chi connectivity index (χ4n) is 3.81. The summed E-state index contributed by atoms with van der Waals surface area (Å²) < 4.78 is 0. The smallest absolute Gasteiger partial charge is 0.227 e. The number of benzene rings is 1. The van der Waals surface area contributed by atoms with E-state index in [2.05, 4.69) is 4.90 Å². The van der Waals surface area contributed by atoms with Crippen LogP contribution in [0.1, 0.15) is 19.8 Å². The highest BCUT2D eigenvalue weighted by Gasteiger charge is 2.32. The van der Waals surface area contributed by atoms with Gasteiger partial charge in [-0.2, -0.15) is 0 Å². The van der Waals surface area contributed by atoms with Gasteiger partial charge in [0, 0.05) is 52.2 Å². The normalized spacial score (nSPS) is 24.3. The summed E-state index contributed by atoms with van der Waals surface area (Å²) in [5, 5.41) is 0.738. The number of amides is 2. The molecule has 2 fully saturated rings. The zero-order valence-electron chi connectivity index (χ0n) is 15.2. The fourth-order valence-corrected chi connectivity index (χ4v) is 4.07. The molecule has 0 radical (unpaired) electrons. The number of piperazine rings is 1. The van der Waals surface area contributed by atoms with Crippen molar-refractivity contribution in [2.75, 3.05) is 44.2 Å². The molecule has 2 N–H and O–H groups in total. The molecule has 0 aromatic heterocycles. The first-order valence-electron chi connectivity index (χ1n) is 9.25. The number of nitrogens with two attached hydrogens (primary N) is 1. The maximum absolute atomic E-state index is 13.0. The van der Waals surface area contributed by atoms with Crippen molar-refractivity contribution in [3.63, 3.8) is 0 Å². The topological polar surface area (TPSA) is 69.9 Å². The molecule has 2 aliphatic heterocycles. The molecule has 7 heteroatoms. The molecule has 2 heterocycles. The van der Waals surface area contributed by atoms with Crippen LogP contribution in [0.4, 0.5) is 5.69 Å². The van der Waals surface area contributed by atoms with Crippen molar-refractivity contribution in [1.29, 1.82) is 0 Å². The van der Waals surface area contributed by atoms with Gasteiger partial charge in [-0.15, -0.1) is 0 Å². The third kappa shape index (κ3) is 4.30.